The summed E-state index contributed by atoms with van der Waals surface area (Å²) in [6.45, 7) is 6.74. The molecule has 0 spiro atoms. The average Bonchev–Trinajstić information content (AvgIpc) is 2.28. The van der Waals surface area contributed by atoms with Crippen LogP contribution in [0.1, 0.15) is 51.9 Å². The number of nitrogens with one attached hydrogen (secondary N) is 1. The van der Waals surface area contributed by atoms with Crippen LogP contribution in [-0.4, -0.2) is 18.5 Å². The van der Waals surface area contributed by atoms with Crippen LogP contribution >= 0.6 is 0 Å². The van der Waals surface area contributed by atoms with Crippen molar-refractivity contribution in [3.63, 3.8) is 0 Å². The molecule has 2 atom stereocenters. The number of rotatable bonds is 7. The Bertz CT molecular complexity index is 228. The van der Waals surface area contributed by atoms with Gasteiger partial charge in [-0.1, -0.05) is 13.0 Å². The predicted molar refractivity (Wildman–Crippen MR) is 68.4 cm³/mol. The third kappa shape index (κ3) is 5.15. The Kier molecular flexibility index (Phi) is 6.10. The molecule has 0 aliphatic heterocycles. The monoisotopic (exact) mass is 245 g/mol. The molecule has 0 aromatic heterocycles. The maximum Gasteiger partial charge on any atom is 0.248 e. The molecule has 0 amide bonds. The minimum absolute atomic E-state index is 0.0610. The summed E-state index contributed by atoms with van der Waals surface area (Å²) in [6.07, 6.45) is 6.50. The van der Waals surface area contributed by atoms with Gasteiger partial charge in [0, 0.05) is 18.9 Å². The molecule has 0 saturated heterocycles. The standard InChI is InChI=1S/C14H25F2N/c1-3-5-8-13(17-10-4-2)12-7-6-9-14(15,16)11-12/h3,12-13,17H,1,4-11H2,2H3. The fourth-order valence-electron chi connectivity index (χ4n) is 2.69. The van der Waals surface area contributed by atoms with E-state index in [2.05, 4.69) is 18.8 Å². The van der Waals surface area contributed by atoms with Crippen molar-refractivity contribution in [3.8, 4) is 0 Å². The lowest BCUT2D eigenvalue weighted by atomic mass is 9.80. The molecule has 2 unspecified atom stereocenters. The number of allylic oxidation sites excluding steroid dienone is 1. The van der Waals surface area contributed by atoms with Crippen molar-refractivity contribution in [1.29, 1.82) is 0 Å². The molecule has 1 rings (SSSR count). The second kappa shape index (κ2) is 7.10. The molecular weight excluding hydrogens is 220 g/mol. The van der Waals surface area contributed by atoms with Gasteiger partial charge in [0.15, 0.2) is 0 Å². The third-order valence-corrected chi connectivity index (χ3v) is 3.59. The smallest absolute Gasteiger partial charge is 0.248 e. The van der Waals surface area contributed by atoms with E-state index < -0.39 is 5.92 Å². The van der Waals surface area contributed by atoms with Gasteiger partial charge in [-0.3, -0.25) is 0 Å². The van der Waals surface area contributed by atoms with Gasteiger partial charge in [-0.05, 0) is 44.6 Å². The van der Waals surface area contributed by atoms with Crippen LogP contribution in [0, 0.1) is 5.92 Å². The van der Waals surface area contributed by atoms with Crippen molar-refractivity contribution in [3.05, 3.63) is 12.7 Å². The van der Waals surface area contributed by atoms with Crippen LogP contribution in [0.3, 0.4) is 0 Å². The van der Waals surface area contributed by atoms with Crippen LogP contribution in [0.25, 0.3) is 0 Å². The largest absolute Gasteiger partial charge is 0.314 e. The molecule has 1 saturated carbocycles. The van der Waals surface area contributed by atoms with Gasteiger partial charge in [-0.2, -0.15) is 0 Å². The molecule has 1 fully saturated rings. The summed E-state index contributed by atoms with van der Waals surface area (Å²) < 4.78 is 26.8. The van der Waals surface area contributed by atoms with Crippen molar-refractivity contribution >= 4 is 0 Å². The van der Waals surface area contributed by atoms with E-state index in [0.29, 0.717) is 6.42 Å². The lowest BCUT2D eigenvalue weighted by molar-refractivity contribution is -0.0584. The van der Waals surface area contributed by atoms with Crippen molar-refractivity contribution in [2.24, 2.45) is 5.92 Å². The first kappa shape index (κ1) is 14.6. The SMILES string of the molecule is C=CCCC(NCCC)C1CCCC(F)(F)C1. The quantitative estimate of drug-likeness (QED) is 0.664. The first-order chi connectivity index (χ1) is 8.09. The van der Waals surface area contributed by atoms with E-state index in [-0.39, 0.29) is 24.8 Å². The highest BCUT2D eigenvalue weighted by Gasteiger charge is 2.38. The zero-order valence-electron chi connectivity index (χ0n) is 10.9. The van der Waals surface area contributed by atoms with Gasteiger partial charge < -0.3 is 5.32 Å². The highest BCUT2D eigenvalue weighted by Crippen LogP contribution is 2.38. The van der Waals surface area contributed by atoms with Gasteiger partial charge in [0.2, 0.25) is 5.92 Å². The van der Waals surface area contributed by atoms with Crippen LogP contribution in [0.5, 0.6) is 0 Å². The first-order valence-corrected chi connectivity index (χ1v) is 6.81. The lowest BCUT2D eigenvalue weighted by Crippen LogP contribution is -2.41. The van der Waals surface area contributed by atoms with E-state index in [0.717, 1.165) is 32.2 Å². The van der Waals surface area contributed by atoms with E-state index in [1.54, 1.807) is 0 Å². The van der Waals surface area contributed by atoms with Crippen LogP contribution in [0.2, 0.25) is 0 Å². The lowest BCUT2D eigenvalue weighted by Gasteiger charge is -2.35. The van der Waals surface area contributed by atoms with Gasteiger partial charge in [0.1, 0.15) is 0 Å². The topological polar surface area (TPSA) is 12.0 Å². The molecule has 0 aromatic carbocycles. The Morgan fingerprint density at radius 3 is 2.88 bits per heavy atom. The second-order valence-corrected chi connectivity index (χ2v) is 5.14. The molecule has 0 aromatic rings. The van der Waals surface area contributed by atoms with Crippen molar-refractivity contribution in [1.82, 2.24) is 5.32 Å². The minimum atomic E-state index is -2.44. The highest BCUT2D eigenvalue weighted by molar-refractivity contribution is 4.87. The Labute approximate surface area is 104 Å². The fourth-order valence-corrected chi connectivity index (χ4v) is 2.69. The zero-order chi connectivity index (χ0) is 12.7. The van der Waals surface area contributed by atoms with E-state index >= 15 is 0 Å². The van der Waals surface area contributed by atoms with Crippen LogP contribution in [-0.2, 0) is 0 Å². The summed E-state index contributed by atoms with van der Waals surface area (Å²) in [5.41, 5.74) is 0. The fraction of sp³-hybridized carbons (Fsp3) is 0.857. The third-order valence-electron chi connectivity index (χ3n) is 3.59. The number of alkyl halides is 2. The molecule has 1 aliphatic carbocycles. The average molecular weight is 245 g/mol. The molecule has 3 heteroatoms. The van der Waals surface area contributed by atoms with E-state index in [4.69, 9.17) is 0 Å². The molecule has 0 bridgehead atoms. The molecule has 100 valence electrons. The normalized spacial score (nSPS) is 25.5. The van der Waals surface area contributed by atoms with E-state index in [9.17, 15) is 8.78 Å². The molecule has 0 radical (unpaired) electrons. The Morgan fingerprint density at radius 2 is 2.29 bits per heavy atom. The van der Waals surface area contributed by atoms with Crippen molar-refractivity contribution in [2.75, 3.05) is 6.54 Å². The Morgan fingerprint density at radius 1 is 1.53 bits per heavy atom. The summed E-state index contributed by atoms with van der Waals surface area (Å²) >= 11 is 0. The molecule has 0 heterocycles. The Hall–Kier alpha value is -0.440. The van der Waals surface area contributed by atoms with Gasteiger partial charge in [0.05, 0.1) is 0 Å². The summed E-state index contributed by atoms with van der Waals surface area (Å²) in [5.74, 6) is -2.31. The van der Waals surface area contributed by atoms with Crippen LogP contribution in [0.4, 0.5) is 8.78 Å². The summed E-state index contributed by atoms with van der Waals surface area (Å²) in [7, 11) is 0. The van der Waals surface area contributed by atoms with Gasteiger partial charge in [-0.25, -0.2) is 8.78 Å². The minimum Gasteiger partial charge on any atom is -0.314 e. The van der Waals surface area contributed by atoms with Crippen molar-refractivity contribution < 1.29 is 8.78 Å². The van der Waals surface area contributed by atoms with Crippen molar-refractivity contribution in [2.45, 2.75) is 63.8 Å². The maximum atomic E-state index is 13.4. The van der Waals surface area contributed by atoms with E-state index in [1.807, 2.05) is 6.08 Å². The molecular formula is C14H25F2N. The maximum absolute atomic E-state index is 13.4. The first-order valence-electron chi connectivity index (χ1n) is 6.81. The summed E-state index contributed by atoms with van der Waals surface area (Å²) in [6, 6.07) is 0.235. The number of halogens is 2. The molecule has 1 N–H and O–H groups in total. The molecule has 1 nitrogen and oxygen atoms in total. The number of hydrogen-bond donors (Lipinski definition) is 1. The second-order valence-electron chi connectivity index (χ2n) is 5.14. The summed E-state index contributed by atoms with van der Waals surface area (Å²) in [5, 5.41) is 3.43. The van der Waals surface area contributed by atoms with E-state index in [1.165, 1.54) is 0 Å². The highest BCUT2D eigenvalue weighted by atomic mass is 19.3. The Balaban J connectivity index is 2.51. The zero-order valence-corrected chi connectivity index (χ0v) is 10.9. The van der Waals surface area contributed by atoms with Crippen LogP contribution < -0.4 is 5.32 Å². The predicted octanol–water partition coefficient (Wildman–Crippen LogP) is 4.15. The number of hydrogen-bond acceptors (Lipinski definition) is 1. The van der Waals surface area contributed by atoms with Gasteiger partial charge >= 0.3 is 0 Å². The summed E-state index contributed by atoms with van der Waals surface area (Å²) in [4.78, 5) is 0. The van der Waals surface area contributed by atoms with Gasteiger partial charge in [0.25, 0.3) is 0 Å². The van der Waals surface area contributed by atoms with Gasteiger partial charge in [-0.15, -0.1) is 6.58 Å². The van der Waals surface area contributed by atoms with Crippen LogP contribution in [0.15, 0.2) is 12.7 Å². The molecule has 1 aliphatic rings. The molecule has 17 heavy (non-hydrogen) atoms.